The molecule has 0 saturated heterocycles. The smallest absolute Gasteiger partial charge is 0.325 e. The number of carbonyl (C=O) groups is 5. The monoisotopic (exact) mass is 564 g/mol. The van der Waals surface area contributed by atoms with E-state index in [1.54, 1.807) is 24.3 Å². The molecule has 2 aromatic carbocycles. The second kappa shape index (κ2) is 14.5. The van der Waals surface area contributed by atoms with E-state index in [0.717, 1.165) is 11.1 Å². The molecule has 216 valence electrons. The normalized spacial score (nSPS) is 13.7. The fraction of sp³-hybridized carbons (Fsp3) is 0.286. The number of rotatable bonds is 15. The molecular formula is C28H32N6O7. The number of ether oxygens (including phenoxy) is 1. The number of aromatic nitrogens is 2. The molecule has 0 radical (unpaired) electrons. The number of H-pyrrole nitrogens is 1. The first-order valence-corrected chi connectivity index (χ1v) is 12.7. The van der Waals surface area contributed by atoms with Gasteiger partial charge in [0.1, 0.15) is 18.1 Å². The van der Waals surface area contributed by atoms with Crippen LogP contribution >= 0.6 is 0 Å². The average molecular weight is 565 g/mol. The Bertz CT molecular complexity index is 1330. The van der Waals surface area contributed by atoms with Crippen molar-refractivity contribution in [1.29, 1.82) is 0 Å². The van der Waals surface area contributed by atoms with Gasteiger partial charge in [-0.05, 0) is 17.5 Å². The third-order valence-corrected chi connectivity index (χ3v) is 6.20. The third kappa shape index (κ3) is 9.08. The number of carbonyl (C=O) groups excluding carboxylic acids is 4. The summed E-state index contributed by atoms with van der Waals surface area (Å²) >= 11 is 0. The van der Waals surface area contributed by atoms with Crippen LogP contribution in [0.25, 0.3) is 0 Å². The number of Topliss-reactive ketones (excluding diaryl/α,β-unsaturated/α-hetero) is 1. The number of hydrogen-bond donors (Lipinski definition) is 6. The van der Waals surface area contributed by atoms with Gasteiger partial charge in [-0.15, -0.1) is 0 Å². The summed E-state index contributed by atoms with van der Waals surface area (Å²) in [5.41, 5.74) is 11.7. The Kier molecular flexibility index (Phi) is 10.8. The average Bonchev–Trinajstić information content (AvgIpc) is 3.51. The number of hydrogen-bond acceptors (Lipinski definition) is 9. The van der Waals surface area contributed by atoms with Crippen LogP contribution in [0, 0.1) is 0 Å². The predicted octanol–water partition coefficient (Wildman–Crippen LogP) is -0.436. The van der Waals surface area contributed by atoms with Crippen molar-refractivity contribution < 1.29 is 33.8 Å². The van der Waals surface area contributed by atoms with Gasteiger partial charge in [-0.3, -0.25) is 24.0 Å². The van der Waals surface area contributed by atoms with E-state index in [1.807, 2.05) is 36.4 Å². The summed E-state index contributed by atoms with van der Waals surface area (Å²) in [7, 11) is 0. The number of esters is 1. The standard InChI is InChI=1S/C28H32N6O7/c29-20(11-18-7-3-1-4-8-18)26(39)34-21(12-19-9-5-2-6-10-19)27(40)32-15-25(38)41-16-23(35)28(30,13-24(36)37)22-14-31-17-33-22/h1-10,14,17,20-21H,11-13,15-16,29-30H2,(H,31,33)(H,32,40)(H,34,39)(H,36,37)/t20-,21-,28+/m0/s1. The fourth-order valence-electron chi connectivity index (χ4n) is 3.98. The lowest BCUT2D eigenvalue weighted by Crippen LogP contribution is -2.53. The number of aliphatic carboxylic acids is 1. The van der Waals surface area contributed by atoms with Crippen LogP contribution in [0.4, 0.5) is 0 Å². The second-order valence-corrected chi connectivity index (χ2v) is 9.35. The molecule has 0 aliphatic carbocycles. The van der Waals surface area contributed by atoms with E-state index in [-0.39, 0.29) is 18.5 Å². The van der Waals surface area contributed by atoms with Gasteiger partial charge in [0.25, 0.3) is 0 Å². The van der Waals surface area contributed by atoms with Crippen molar-refractivity contribution in [3.05, 3.63) is 90.0 Å². The molecule has 8 N–H and O–H groups in total. The molecule has 3 rings (SSSR count). The van der Waals surface area contributed by atoms with Crippen molar-refractivity contribution in [3.63, 3.8) is 0 Å². The van der Waals surface area contributed by atoms with Gasteiger partial charge in [0.05, 0.1) is 24.5 Å². The SMILES string of the molecule is N[C@@H](Cc1ccccc1)C(=O)N[C@@H](Cc1ccccc1)C(=O)NCC(=O)OCC(=O)[C@@](N)(CC(=O)O)c1c[nH]cn1. The summed E-state index contributed by atoms with van der Waals surface area (Å²) in [6, 6.07) is 16.1. The van der Waals surface area contributed by atoms with Crippen molar-refractivity contribution in [2.45, 2.75) is 36.9 Å². The number of nitrogens with two attached hydrogens (primary N) is 2. The van der Waals surface area contributed by atoms with Gasteiger partial charge in [-0.2, -0.15) is 0 Å². The van der Waals surface area contributed by atoms with Crippen LogP contribution < -0.4 is 22.1 Å². The number of carboxylic acid groups (broad SMARTS) is 1. The van der Waals surface area contributed by atoms with Crippen LogP contribution in [0.1, 0.15) is 23.2 Å². The summed E-state index contributed by atoms with van der Waals surface area (Å²) in [5.74, 6) is -4.44. The van der Waals surface area contributed by atoms with Gasteiger partial charge in [0.2, 0.25) is 11.8 Å². The van der Waals surface area contributed by atoms with E-state index in [4.69, 9.17) is 16.2 Å². The molecular weight excluding hydrogens is 532 g/mol. The Hall–Kier alpha value is -4.88. The number of ketones is 1. The number of nitrogens with one attached hydrogen (secondary N) is 3. The lowest BCUT2D eigenvalue weighted by molar-refractivity contribution is -0.150. The summed E-state index contributed by atoms with van der Waals surface area (Å²) in [4.78, 5) is 68.6. The minimum absolute atomic E-state index is 0.0285. The Balaban J connectivity index is 1.59. The van der Waals surface area contributed by atoms with Crippen molar-refractivity contribution >= 4 is 29.5 Å². The molecule has 2 amide bonds. The molecule has 1 heterocycles. The van der Waals surface area contributed by atoms with E-state index >= 15 is 0 Å². The molecule has 41 heavy (non-hydrogen) atoms. The molecule has 0 unspecified atom stereocenters. The van der Waals surface area contributed by atoms with E-state index in [1.165, 1.54) is 12.5 Å². The zero-order valence-corrected chi connectivity index (χ0v) is 22.1. The van der Waals surface area contributed by atoms with Gasteiger partial charge >= 0.3 is 11.9 Å². The molecule has 3 atom stereocenters. The maximum Gasteiger partial charge on any atom is 0.325 e. The lowest BCUT2D eigenvalue weighted by Gasteiger charge is -2.24. The van der Waals surface area contributed by atoms with Crippen molar-refractivity contribution in [2.75, 3.05) is 13.2 Å². The van der Waals surface area contributed by atoms with Gasteiger partial charge in [0, 0.05) is 12.6 Å². The summed E-state index contributed by atoms with van der Waals surface area (Å²) in [6.45, 7) is -1.47. The Morgan fingerprint density at radius 2 is 1.56 bits per heavy atom. The largest absolute Gasteiger partial charge is 0.481 e. The van der Waals surface area contributed by atoms with Crippen molar-refractivity contribution in [1.82, 2.24) is 20.6 Å². The minimum atomic E-state index is -2.03. The van der Waals surface area contributed by atoms with Crippen LogP contribution in [0.5, 0.6) is 0 Å². The number of benzene rings is 2. The van der Waals surface area contributed by atoms with Gasteiger partial charge in [-0.25, -0.2) is 4.98 Å². The third-order valence-electron chi connectivity index (χ3n) is 6.20. The summed E-state index contributed by atoms with van der Waals surface area (Å²) in [6.07, 6.45) is 2.11. The van der Waals surface area contributed by atoms with Gasteiger partial charge in [0.15, 0.2) is 12.4 Å². The quantitative estimate of drug-likeness (QED) is 0.131. The van der Waals surface area contributed by atoms with E-state index in [9.17, 15) is 29.1 Å². The maximum absolute atomic E-state index is 13.0. The lowest BCUT2D eigenvalue weighted by atomic mass is 9.88. The highest BCUT2D eigenvalue weighted by Gasteiger charge is 2.40. The fourth-order valence-corrected chi connectivity index (χ4v) is 3.98. The molecule has 3 aromatic rings. The zero-order valence-electron chi connectivity index (χ0n) is 22.1. The van der Waals surface area contributed by atoms with Crippen LogP contribution in [-0.4, -0.2) is 69.8 Å². The highest BCUT2D eigenvalue weighted by molar-refractivity contribution is 5.95. The molecule has 13 heteroatoms. The summed E-state index contributed by atoms with van der Waals surface area (Å²) < 4.78 is 4.94. The molecule has 0 saturated carbocycles. The molecule has 1 aromatic heterocycles. The van der Waals surface area contributed by atoms with Crippen LogP contribution in [0.15, 0.2) is 73.2 Å². The van der Waals surface area contributed by atoms with Crippen LogP contribution in [0.3, 0.4) is 0 Å². The highest BCUT2D eigenvalue weighted by Crippen LogP contribution is 2.21. The first-order chi connectivity index (χ1) is 19.6. The second-order valence-electron chi connectivity index (χ2n) is 9.35. The van der Waals surface area contributed by atoms with E-state index < -0.39 is 66.7 Å². The minimum Gasteiger partial charge on any atom is -0.481 e. The zero-order chi connectivity index (χ0) is 29.8. The topological polar surface area (TPSA) is 220 Å². The molecule has 0 bridgehead atoms. The molecule has 0 fully saturated rings. The molecule has 0 aliphatic rings. The number of amides is 2. The van der Waals surface area contributed by atoms with Crippen molar-refractivity contribution in [2.24, 2.45) is 11.5 Å². The predicted molar refractivity (Wildman–Crippen MR) is 146 cm³/mol. The van der Waals surface area contributed by atoms with Gasteiger partial charge in [-0.1, -0.05) is 60.7 Å². The Morgan fingerprint density at radius 3 is 2.12 bits per heavy atom. The number of carboxylic acids is 1. The molecule has 0 spiro atoms. The van der Waals surface area contributed by atoms with Gasteiger partial charge < -0.3 is 36.9 Å². The van der Waals surface area contributed by atoms with E-state index in [0.29, 0.717) is 0 Å². The Labute approximate surface area is 235 Å². The van der Waals surface area contributed by atoms with Crippen LogP contribution in [0.2, 0.25) is 0 Å². The van der Waals surface area contributed by atoms with Crippen LogP contribution in [-0.2, 0) is 47.1 Å². The maximum atomic E-state index is 13.0. The van der Waals surface area contributed by atoms with Crippen molar-refractivity contribution in [3.8, 4) is 0 Å². The van der Waals surface area contributed by atoms with E-state index in [2.05, 4.69) is 20.6 Å². The highest BCUT2D eigenvalue weighted by atomic mass is 16.5. The first-order valence-electron chi connectivity index (χ1n) is 12.7. The number of aromatic amines is 1. The Morgan fingerprint density at radius 1 is 0.951 bits per heavy atom. The number of imidazole rings is 1. The first kappa shape index (κ1) is 30.7. The summed E-state index contributed by atoms with van der Waals surface area (Å²) in [5, 5.41) is 14.2. The number of nitrogens with zero attached hydrogens (tertiary/aromatic N) is 1. The molecule has 13 nitrogen and oxygen atoms in total. The molecule has 0 aliphatic heterocycles.